The van der Waals surface area contributed by atoms with E-state index in [1.165, 1.54) is 24.3 Å². The van der Waals surface area contributed by atoms with Crippen molar-refractivity contribution < 1.29 is 5.11 Å². The number of benzene rings is 1. The molecule has 0 amide bonds. The maximum absolute atomic E-state index is 10.2. The molecular formula is C24H35N5OS. The van der Waals surface area contributed by atoms with Crippen molar-refractivity contribution in [1.29, 1.82) is 0 Å². The molecule has 2 saturated heterocycles. The van der Waals surface area contributed by atoms with E-state index in [0.29, 0.717) is 11.7 Å². The summed E-state index contributed by atoms with van der Waals surface area (Å²) in [5.41, 5.74) is 0.928. The van der Waals surface area contributed by atoms with Gasteiger partial charge in [0.2, 0.25) is 0 Å². The number of aliphatic imine (C=N–C) groups is 1. The third-order valence-electron chi connectivity index (χ3n) is 6.20. The van der Waals surface area contributed by atoms with Crippen LogP contribution in [0, 0.1) is 5.92 Å². The van der Waals surface area contributed by atoms with Crippen LogP contribution in [0.5, 0.6) is 5.75 Å². The van der Waals surface area contributed by atoms with Crippen molar-refractivity contribution >= 4 is 23.0 Å². The number of aromatic hydroxyl groups is 1. The van der Waals surface area contributed by atoms with Crippen molar-refractivity contribution in [2.75, 3.05) is 57.3 Å². The van der Waals surface area contributed by atoms with Gasteiger partial charge in [-0.3, -0.25) is 9.89 Å². The van der Waals surface area contributed by atoms with Gasteiger partial charge in [-0.2, -0.15) is 0 Å². The number of phenolic OH excluding ortho intramolecular Hbond substituents is 1. The number of likely N-dealkylation sites (tertiary alicyclic amines) is 1. The van der Waals surface area contributed by atoms with Crippen molar-refractivity contribution in [3.63, 3.8) is 0 Å². The van der Waals surface area contributed by atoms with Gasteiger partial charge >= 0.3 is 0 Å². The van der Waals surface area contributed by atoms with Crippen LogP contribution in [0.15, 0.2) is 46.8 Å². The largest absolute Gasteiger partial charge is 0.506 e. The zero-order valence-electron chi connectivity index (χ0n) is 18.5. The lowest BCUT2D eigenvalue weighted by molar-refractivity contribution is 0.172. The molecule has 6 nitrogen and oxygen atoms in total. The molecule has 2 N–H and O–H groups in total. The topological polar surface area (TPSA) is 54.3 Å². The Morgan fingerprint density at radius 1 is 1.13 bits per heavy atom. The zero-order valence-corrected chi connectivity index (χ0v) is 19.4. The number of nitrogens with zero attached hydrogens (tertiary/aromatic N) is 4. The quantitative estimate of drug-likeness (QED) is 0.531. The van der Waals surface area contributed by atoms with Gasteiger partial charge in [0.05, 0.1) is 5.69 Å². The molecule has 0 bridgehead atoms. The van der Waals surface area contributed by atoms with E-state index in [1.807, 2.05) is 29.5 Å². The van der Waals surface area contributed by atoms with Crippen LogP contribution in [-0.4, -0.2) is 73.2 Å². The first-order valence-electron chi connectivity index (χ1n) is 11.5. The number of guanidine groups is 1. The van der Waals surface area contributed by atoms with Crippen LogP contribution in [-0.2, 0) is 6.54 Å². The summed E-state index contributed by atoms with van der Waals surface area (Å²) in [5, 5.41) is 15.8. The molecule has 168 valence electrons. The summed E-state index contributed by atoms with van der Waals surface area (Å²) < 4.78 is 0. The second-order valence-electron chi connectivity index (χ2n) is 8.48. The fourth-order valence-corrected chi connectivity index (χ4v) is 5.35. The number of nitrogens with one attached hydrogen (secondary N) is 1. The summed E-state index contributed by atoms with van der Waals surface area (Å²) in [4.78, 5) is 13.7. The SMILES string of the molecule is CCNC(=NCC1CCCN(Cc2cccs2)C1)N1CCN(c2ccccc2O)CC1. The highest BCUT2D eigenvalue weighted by atomic mass is 32.1. The fourth-order valence-electron chi connectivity index (χ4n) is 4.60. The monoisotopic (exact) mass is 441 g/mol. The van der Waals surface area contributed by atoms with E-state index in [4.69, 9.17) is 4.99 Å². The van der Waals surface area contributed by atoms with E-state index in [-0.39, 0.29) is 0 Å². The van der Waals surface area contributed by atoms with E-state index in [0.717, 1.165) is 64.0 Å². The summed E-state index contributed by atoms with van der Waals surface area (Å²) in [5.74, 6) is 2.03. The summed E-state index contributed by atoms with van der Waals surface area (Å²) in [7, 11) is 0. The number of rotatable bonds is 6. The van der Waals surface area contributed by atoms with Crippen molar-refractivity contribution in [1.82, 2.24) is 15.1 Å². The number of hydrogen-bond acceptors (Lipinski definition) is 5. The molecule has 0 saturated carbocycles. The number of anilines is 1. The highest BCUT2D eigenvalue weighted by molar-refractivity contribution is 7.09. The number of piperazine rings is 1. The van der Waals surface area contributed by atoms with Crippen LogP contribution >= 0.6 is 11.3 Å². The molecule has 1 atom stereocenters. The molecule has 31 heavy (non-hydrogen) atoms. The molecule has 1 aromatic carbocycles. The van der Waals surface area contributed by atoms with Crippen molar-refractivity contribution in [3.05, 3.63) is 46.7 Å². The average Bonchev–Trinajstić information content (AvgIpc) is 3.30. The third-order valence-corrected chi connectivity index (χ3v) is 7.06. The molecule has 2 fully saturated rings. The highest BCUT2D eigenvalue weighted by Gasteiger charge is 2.23. The van der Waals surface area contributed by atoms with Gasteiger partial charge in [0, 0.05) is 57.2 Å². The fraction of sp³-hybridized carbons (Fsp3) is 0.542. The molecule has 2 aliphatic rings. The van der Waals surface area contributed by atoms with Gasteiger partial charge in [0.1, 0.15) is 5.75 Å². The van der Waals surface area contributed by atoms with Gasteiger partial charge in [-0.1, -0.05) is 18.2 Å². The van der Waals surface area contributed by atoms with Crippen LogP contribution in [0.4, 0.5) is 5.69 Å². The Labute approximate surface area is 190 Å². The van der Waals surface area contributed by atoms with Gasteiger partial charge in [0.15, 0.2) is 5.96 Å². The van der Waals surface area contributed by atoms with E-state index in [1.54, 1.807) is 6.07 Å². The van der Waals surface area contributed by atoms with E-state index < -0.39 is 0 Å². The lowest BCUT2D eigenvalue weighted by atomic mass is 9.98. The Hall–Kier alpha value is -2.25. The minimum absolute atomic E-state index is 0.362. The first kappa shape index (κ1) is 22.0. The molecule has 2 aliphatic heterocycles. The number of hydrogen-bond donors (Lipinski definition) is 2. The summed E-state index contributed by atoms with van der Waals surface area (Å²) in [6.45, 7) is 10.9. The molecule has 4 rings (SSSR count). The maximum Gasteiger partial charge on any atom is 0.194 e. The van der Waals surface area contributed by atoms with Crippen molar-refractivity contribution in [2.24, 2.45) is 10.9 Å². The summed E-state index contributed by atoms with van der Waals surface area (Å²) in [6, 6.07) is 12.0. The summed E-state index contributed by atoms with van der Waals surface area (Å²) >= 11 is 1.86. The van der Waals surface area contributed by atoms with Gasteiger partial charge < -0.3 is 20.2 Å². The van der Waals surface area contributed by atoms with Gasteiger partial charge in [-0.25, -0.2) is 0 Å². The Kier molecular flexibility index (Phi) is 7.70. The number of piperidine rings is 1. The number of phenols is 1. The van der Waals surface area contributed by atoms with Crippen LogP contribution < -0.4 is 10.2 Å². The van der Waals surface area contributed by atoms with Crippen LogP contribution in [0.1, 0.15) is 24.6 Å². The zero-order chi connectivity index (χ0) is 21.5. The standard InChI is InChI=1S/C24H35N5OS/c1-2-25-24(29-14-12-28(13-15-29)22-9-3-4-10-23(22)30)26-17-20-7-5-11-27(18-20)19-21-8-6-16-31-21/h3-4,6,8-10,16,20,30H,2,5,7,11-15,17-19H2,1H3,(H,25,26). The Morgan fingerprint density at radius 3 is 2.71 bits per heavy atom. The Morgan fingerprint density at radius 2 is 1.97 bits per heavy atom. The Balaban J connectivity index is 1.31. The van der Waals surface area contributed by atoms with Gasteiger partial charge in [0.25, 0.3) is 0 Å². The molecule has 3 heterocycles. The second-order valence-corrected chi connectivity index (χ2v) is 9.51. The van der Waals surface area contributed by atoms with Gasteiger partial charge in [-0.05, 0) is 55.8 Å². The van der Waals surface area contributed by atoms with E-state index >= 15 is 0 Å². The molecule has 0 radical (unpaired) electrons. The minimum atomic E-state index is 0.362. The average molecular weight is 442 g/mol. The van der Waals surface area contributed by atoms with Crippen LogP contribution in [0.3, 0.4) is 0 Å². The highest BCUT2D eigenvalue weighted by Crippen LogP contribution is 2.27. The smallest absolute Gasteiger partial charge is 0.194 e. The lowest BCUT2D eigenvalue weighted by Gasteiger charge is -2.38. The molecule has 2 aromatic rings. The van der Waals surface area contributed by atoms with Crippen molar-refractivity contribution in [2.45, 2.75) is 26.3 Å². The predicted octanol–water partition coefficient (Wildman–Crippen LogP) is 3.45. The molecule has 0 aliphatic carbocycles. The minimum Gasteiger partial charge on any atom is -0.506 e. The molecule has 1 unspecified atom stereocenters. The lowest BCUT2D eigenvalue weighted by Crippen LogP contribution is -2.52. The molecular weight excluding hydrogens is 406 g/mol. The molecule has 7 heteroatoms. The van der Waals surface area contributed by atoms with E-state index in [2.05, 4.69) is 44.5 Å². The Bertz CT molecular complexity index is 832. The van der Waals surface area contributed by atoms with Crippen molar-refractivity contribution in [3.8, 4) is 5.75 Å². The predicted molar refractivity (Wildman–Crippen MR) is 130 cm³/mol. The normalized spacial score (nSPS) is 20.8. The van der Waals surface area contributed by atoms with Gasteiger partial charge in [-0.15, -0.1) is 11.3 Å². The first-order valence-corrected chi connectivity index (χ1v) is 12.4. The van der Waals surface area contributed by atoms with Crippen LogP contribution in [0.2, 0.25) is 0 Å². The third kappa shape index (κ3) is 5.92. The summed E-state index contributed by atoms with van der Waals surface area (Å²) in [6.07, 6.45) is 2.53. The molecule has 1 aromatic heterocycles. The van der Waals surface area contributed by atoms with E-state index in [9.17, 15) is 5.11 Å². The van der Waals surface area contributed by atoms with Crippen LogP contribution in [0.25, 0.3) is 0 Å². The molecule has 0 spiro atoms. The number of thiophene rings is 1. The first-order chi connectivity index (χ1) is 15.2. The maximum atomic E-state index is 10.2. The number of para-hydroxylation sites is 2. The second kappa shape index (κ2) is 10.9.